The first-order valence-corrected chi connectivity index (χ1v) is 10.7. The molecule has 1 fully saturated rings. The predicted octanol–water partition coefficient (Wildman–Crippen LogP) is 1.57. The predicted molar refractivity (Wildman–Crippen MR) is 102 cm³/mol. The Balaban J connectivity index is 0.00000676. The minimum absolute atomic E-state index is 0. The van der Waals surface area contributed by atoms with Gasteiger partial charge in [0.2, 0.25) is 0 Å². The van der Waals surface area contributed by atoms with Crippen LogP contribution in [0.1, 0.15) is 96.8 Å². The molecule has 1 rings (SSSR count). The standard InChI is InChI=1S/C22H38O4.Na/c1-2-3-4-5-6-7-8-9-10-11-12-15-18-26-22(25)20-17-14-13-16-19(20)21(23)24;/h11-12,19-20H,2-10,13-18H2,1H3,(H,23,24);/q;+1/p-1/b12-11+;. The van der Waals surface area contributed by atoms with Crippen molar-refractivity contribution in [3.63, 3.8) is 0 Å². The number of carboxylic acids is 1. The summed E-state index contributed by atoms with van der Waals surface area (Å²) in [5.41, 5.74) is 0. The van der Waals surface area contributed by atoms with Crippen LogP contribution in [0.15, 0.2) is 12.2 Å². The van der Waals surface area contributed by atoms with Crippen molar-refractivity contribution < 1.29 is 49.0 Å². The second-order valence-electron chi connectivity index (χ2n) is 7.51. The molecule has 2 unspecified atom stereocenters. The summed E-state index contributed by atoms with van der Waals surface area (Å²) in [6.07, 6.45) is 19.5. The Hall–Kier alpha value is -0.320. The van der Waals surface area contributed by atoms with Gasteiger partial charge in [-0.1, -0.05) is 76.9 Å². The Labute approximate surface area is 187 Å². The number of esters is 1. The fraction of sp³-hybridized carbons (Fsp3) is 0.818. The van der Waals surface area contributed by atoms with E-state index in [0.717, 1.165) is 19.3 Å². The minimum atomic E-state index is -1.11. The zero-order valence-corrected chi connectivity index (χ0v) is 19.5. The average Bonchev–Trinajstić information content (AvgIpc) is 2.65. The maximum absolute atomic E-state index is 12.1. The number of carbonyl (C=O) groups is 2. The number of hydrogen-bond acceptors (Lipinski definition) is 4. The molecule has 1 saturated carbocycles. The zero-order valence-electron chi connectivity index (χ0n) is 17.5. The fourth-order valence-corrected chi connectivity index (χ4v) is 3.66. The van der Waals surface area contributed by atoms with Gasteiger partial charge in [-0.2, -0.15) is 0 Å². The van der Waals surface area contributed by atoms with E-state index >= 15 is 0 Å². The van der Waals surface area contributed by atoms with Crippen molar-refractivity contribution >= 4 is 11.9 Å². The molecule has 0 N–H and O–H groups in total. The Morgan fingerprint density at radius 3 is 2.07 bits per heavy atom. The number of allylic oxidation sites excluding steroid dienone is 1. The molecule has 0 amide bonds. The minimum Gasteiger partial charge on any atom is -0.550 e. The monoisotopic (exact) mass is 388 g/mol. The molecule has 4 nitrogen and oxygen atoms in total. The van der Waals surface area contributed by atoms with Gasteiger partial charge in [0.25, 0.3) is 0 Å². The molecular formula is C22H37NaO4. The maximum Gasteiger partial charge on any atom is 1.00 e. The first-order valence-electron chi connectivity index (χ1n) is 10.7. The number of aliphatic carboxylic acids is 1. The molecule has 1 aliphatic rings. The summed E-state index contributed by atoms with van der Waals surface area (Å²) in [7, 11) is 0. The van der Waals surface area contributed by atoms with Crippen molar-refractivity contribution in [1.82, 2.24) is 0 Å². The van der Waals surface area contributed by atoms with Gasteiger partial charge >= 0.3 is 35.5 Å². The molecule has 0 aromatic heterocycles. The van der Waals surface area contributed by atoms with Crippen LogP contribution >= 0.6 is 0 Å². The molecule has 1 aliphatic carbocycles. The Morgan fingerprint density at radius 2 is 1.44 bits per heavy atom. The summed E-state index contributed by atoms with van der Waals surface area (Å²) < 4.78 is 5.27. The number of ether oxygens (including phenoxy) is 1. The first-order chi connectivity index (χ1) is 12.7. The van der Waals surface area contributed by atoms with E-state index < -0.39 is 17.8 Å². The number of hydrogen-bond donors (Lipinski definition) is 0. The van der Waals surface area contributed by atoms with Crippen molar-refractivity contribution in [1.29, 1.82) is 0 Å². The normalized spacial score (nSPS) is 19.6. The van der Waals surface area contributed by atoms with E-state index in [4.69, 9.17) is 4.74 Å². The SMILES string of the molecule is CCCCCCCCCC/C=C/CCOC(=O)C1CCCCC1C(=O)[O-].[Na+]. The van der Waals surface area contributed by atoms with Crippen LogP contribution in [0.4, 0.5) is 0 Å². The fourth-order valence-electron chi connectivity index (χ4n) is 3.66. The van der Waals surface area contributed by atoms with Gasteiger partial charge in [-0.3, -0.25) is 4.79 Å². The molecule has 0 heterocycles. The van der Waals surface area contributed by atoms with Gasteiger partial charge < -0.3 is 14.6 Å². The Kier molecular flexibility index (Phi) is 17.5. The third-order valence-corrected chi connectivity index (χ3v) is 5.29. The molecule has 0 bridgehead atoms. The molecule has 2 atom stereocenters. The second-order valence-corrected chi connectivity index (χ2v) is 7.51. The topological polar surface area (TPSA) is 66.4 Å². The Bertz CT molecular complexity index is 423. The van der Waals surface area contributed by atoms with Gasteiger partial charge in [0.05, 0.1) is 12.5 Å². The zero-order chi connectivity index (χ0) is 19.0. The third-order valence-electron chi connectivity index (χ3n) is 5.29. The molecule has 0 aromatic rings. The number of carboxylic acid groups (broad SMARTS) is 1. The van der Waals surface area contributed by atoms with Crippen LogP contribution in [0.2, 0.25) is 0 Å². The van der Waals surface area contributed by atoms with E-state index in [-0.39, 0.29) is 35.5 Å². The van der Waals surface area contributed by atoms with E-state index in [1.807, 2.05) is 0 Å². The Morgan fingerprint density at radius 1 is 0.889 bits per heavy atom. The molecule has 0 aliphatic heterocycles. The van der Waals surface area contributed by atoms with Gasteiger partial charge in [-0.05, 0) is 32.1 Å². The molecule has 0 saturated heterocycles. The van der Waals surface area contributed by atoms with Crippen molar-refractivity contribution in [3.05, 3.63) is 12.2 Å². The van der Waals surface area contributed by atoms with E-state index in [9.17, 15) is 14.7 Å². The van der Waals surface area contributed by atoms with E-state index in [1.165, 1.54) is 51.4 Å². The summed E-state index contributed by atoms with van der Waals surface area (Å²) >= 11 is 0. The van der Waals surface area contributed by atoms with Crippen LogP contribution in [0.25, 0.3) is 0 Å². The summed E-state index contributed by atoms with van der Waals surface area (Å²) in [5.74, 6) is -2.67. The van der Waals surface area contributed by atoms with Gasteiger partial charge in [-0.15, -0.1) is 0 Å². The van der Waals surface area contributed by atoms with Crippen molar-refractivity contribution in [2.45, 2.75) is 96.8 Å². The summed E-state index contributed by atoms with van der Waals surface area (Å²) in [4.78, 5) is 23.2. The smallest absolute Gasteiger partial charge is 0.550 e. The van der Waals surface area contributed by atoms with Crippen LogP contribution < -0.4 is 34.7 Å². The van der Waals surface area contributed by atoms with Gasteiger partial charge in [0.15, 0.2) is 0 Å². The van der Waals surface area contributed by atoms with Crippen LogP contribution in [-0.4, -0.2) is 18.5 Å². The average molecular weight is 389 g/mol. The largest absolute Gasteiger partial charge is 1.00 e. The van der Waals surface area contributed by atoms with Crippen molar-refractivity contribution in [2.24, 2.45) is 11.8 Å². The molecule has 0 radical (unpaired) electrons. The van der Waals surface area contributed by atoms with Crippen molar-refractivity contribution in [2.75, 3.05) is 6.61 Å². The van der Waals surface area contributed by atoms with E-state index in [1.54, 1.807) is 0 Å². The van der Waals surface area contributed by atoms with Gasteiger partial charge in [0, 0.05) is 11.9 Å². The number of rotatable bonds is 14. The molecule has 5 heteroatoms. The quantitative estimate of drug-likeness (QED) is 0.196. The second kappa shape index (κ2) is 17.8. The van der Waals surface area contributed by atoms with Crippen molar-refractivity contribution in [3.8, 4) is 0 Å². The summed E-state index contributed by atoms with van der Waals surface area (Å²) in [5, 5.41) is 11.1. The van der Waals surface area contributed by atoms with E-state index in [2.05, 4.69) is 19.1 Å². The molecule has 0 spiro atoms. The summed E-state index contributed by atoms with van der Waals surface area (Å²) in [6.45, 7) is 2.58. The van der Waals surface area contributed by atoms with Gasteiger partial charge in [-0.25, -0.2) is 0 Å². The summed E-state index contributed by atoms with van der Waals surface area (Å²) in [6, 6.07) is 0. The van der Waals surface area contributed by atoms with Crippen LogP contribution in [0, 0.1) is 11.8 Å². The van der Waals surface area contributed by atoms with E-state index in [0.29, 0.717) is 25.9 Å². The molecule has 150 valence electrons. The van der Waals surface area contributed by atoms with Crippen LogP contribution in [0.3, 0.4) is 0 Å². The third kappa shape index (κ3) is 12.7. The van der Waals surface area contributed by atoms with Crippen LogP contribution in [-0.2, 0) is 14.3 Å². The molecule has 0 aromatic carbocycles. The number of unbranched alkanes of at least 4 members (excludes halogenated alkanes) is 8. The van der Waals surface area contributed by atoms with Gasteiger partial charge in [0.1, 0.15) is 0 Å². The molecular weight excluding hydrogens is 351 g/mol. The first kappa shape index (κ1) is 26.7. The van der Waals surface area contributed by atoms with Crippen LogP contribution in [0.5, 0.6) is 0 Å². The number of carbonyl (C=O) groups excluding carboxylic acids is 2. The maximum atomic E-state index is 12.1. The molecule has 27 heavy (non-hydrogen) atoms.